The van der Waals surface area contributed by atoms with Gasteiger partial charge in [-0.2, -0.15) is 5.10 Å². The number of aromatic nitrogens is 3. The molecule has 178 valence electrons. The summed E-state index contributed by atoms with van der Waals surface area (Å²) in [6.45, 7) is 0. The van der Waals surface area contributed by atoms with Crippen molar-refractivity contribution in [2.45, 2.75) is 17.6 Å². The summed E-state index contributed by atoms with van der Waals surface area (Å²) in [7, 11) is 0. The fourth-order valence-electron chi connectivity index (χ4n) is 4.56. The maximum Gasteiger partial charge on any atom is 0.175 e. The van der Waals surface area contributed by atoms with Crippen molar-refractivity contribution >= 4 is 6.20 Å². The van der Waals surface area contributed by atoms with E-state index >= 15 is 0 Å². The van der Waals surface area contributed by atoms with Crippen molar-refractivity contribution in [3.05, 3.63) is 162 Å². The second kappa shape index (κ2) is 10.1. The van der Waals surface area contributed by atoms with Crippen molar-refractivity contribution in [1.29, 1.82) is 0 Å². The summed E-state index contributed by atoms with van der Waals surface area (Å²) >= 11 is 0. The highest BCUT2D eigenvalue weighted by molar-refractivity contribution is 5.45. The van der Waals surface area contributed by atoms with Gasteiger partial charge in [-0.05, 0) is 22.3 Å². The maximum atomic E-state index is 12.1. The molecular formula is C31H27N3O2. The Labute approximate surface area is 210 Å². The molecule has 0 saturated heterocycles. The Morgan fingerprint density at radius 2 is 1.03 bits per heavy atom. The molecule has 0 radical (unpaired) electrons. The molecule has 1 heterocycles. The summed E-state index contributed by atoms with van der Waals surface area (Å²) in [5, 5.41) is 28.3. The molecule has 1 aromatic heterocycles. The first-order valence-electron chi connectivity index (χ1n) is 11.9. The van der Waals surface area contributed by atoms with Crippen LogP contribution in [0, 0.1) is 0 Å². The summed E-state index contributed by atoms with van der Waals surface area (Å²) in [5.41, 5.74) is 0.218. The summed E-state index contributed by atoms with van der Waals surface area (Å²) in [6.07, 6.45) is 5.33. The zero-order chi connectivity index (χ0) is 24.8. The predicted octanol–water partition coefficient (Wildman–Crippen LogP) is 5.36. The second-order valence-electron chi connectivity index (χ2n) is 8.65. The van der Waals surface area contributed by atoms with Crippen LogP contribution in [-0.2, 0) is 11.2 Å². The summed E-state index contributed by atoms with van der Waals surface area (Å²) < 4.78 is 1.57. The van der Waals surface area contributed by atoms with Gasteiger partial charge in [0.25, 0.3) is 0 Å². The Kier molecular flexibility index (Phi) is 6.58. The summed E-state index contributed by atoms with van der Waals surface area (Å²) in [5.74, 6) is 0.360. The SMILES string of the molecule is OC(CC=Cn1ncnc1C(O)(c1ccccc1)c1ccccc1)(c1ccccc1)c1ccccc1. The molecule has 0 aliphatic rings. The van der Waals surface area contributed by atoms with Gasteiger partial charge in [0.05, 0.1) is 0 Å². The van der Waals surface area contributed by atoms with Gasteiger partial charge in [0.1, 0.15) is 11.9 Å². The standard InChI is InChI=1S/C31H27N3O2/c35-30(25-14-5-1-6-15-25,26-16-7-2-8-17-26)22-13-23-34-29(32-24-33-34)31(36,27-18-9-3-10-19-27)28-20-11-4-12-21-28/h1-21,23-24,35-36H,22H2. The first-order chi connectivity index (χ1) is 17.6. The fraction of sp³-hybridized carbons (Fsp3) is 0.0968. The molecule has 0 bridgehead atoms. The topological polar surface area (TPSA) is 71.2 Å². The molecule has 5 nitrogen and oxygen atoms in total. The van der Waals surface area contributed by atoms with Crippen LogP contribution in [0.1, 0.15) is 34.5 Å². The Bertz CT molecular complexity index is 1340. The molecule has 5 aromatic rings. The van der Waals surface area contributed by atoms with E-state index in [9.17, 15) is 10.2 Å². The third-order valence-corrected chi connectivity index (χ3v) is 6.44. The van der Waals surface area contributed by atoms with Gasteiger partial charge in [-0.3, -0.25) is 0 Å². The lowest BCUT2D eigenvalue weighted by molar-refractivity contribution is 0.0842. The summed E-state index contributed by atoms with van der Waals surface area (Å²) in [4.78, 5) is 4.46. The molecule has 0 aliphatic carbocycles. The number of nitrogens with zero attached hydrogens (tertiary/aromatic N) is 3. The Morgan fingerprint density at radius 3 is 1.47 bits per heavy atom. The minimum absolute atomic E-state index is 0.301. The van der Waals surface area contributed by atoms with Crippen LogP contribution in [-0.4, -0.2) is 25.0 Å². The van der Waals surface area contributed by atoms with Crippen molar-refractivity contribution in [1.82, 2.24) is 14.8 Å². The van der Waals surface area contributed by atoms with Gasteiger partial charge in [0, 0.05) is 12.6 Å². The van der Waals surface area contributed by atoms with Crippen LogP contribution < -0.4 is 0 Å². The van der Waals surface area contributed by atoms with Gasteiger partial charge in [0.15, 0.2) is 11.4 Å². The van der Waals surface area contributed by atoms with Crippen LogP contribution >= 0.6 is 0 Å². The maximum absolute atomic E-state index is 12.1. The molecule has 0 fully saturated rings. The molecule has 0 amide bonds. The van der Waals surface area contributed by atoms with Crippen LogP contribution in [0.15, 0.2) is 134 Å². The van der Waals surface area contributed by atoms with Crippen molar-refractivity contribution in [3.8, 4) is 0 Å². The lowest BCUT2D eigenvalue weighted by Crippen LogP contribution is -2.32. The molecule has 0 unspecified atom stereocenters. The van der Waals surface area contributed by atoms with Crippen LogP contribution in [0.5, 0.6) is 0 Å². The van der Waals surface area contributed by atoms with E-state index < -0.39 is 11.2 Å². The number of benzene rings is 4. The zero-order valence-corrected chi connectivity index (χ0v) is 19.7. The van der Waals surface area contributed by atoms with Gasteiger partial charge in [-0.1, -0.05) is 127 Å². The lowest BCUT2D eigenvalue weighted by atomic mass is 9.83. The minimum Gasteiger partial charge on any atom is -0.380 e. The van der Waals surface area contributed by atoms with E-state index in [2.05, 4.69) is 10.1 Å². The molecule has 0 saturated carbocycles. The molecule has 2 N–H and O–H groups in total. The second-order valence-corrected chi connectivity index (χ2v) is 8.65. The van der Waals surface area contributed by atoms with E-state index in [1.54, 1.807) is 10.9 Å². The normalized spacial score (nSPS) is 12.2. The molecule has 5 rings (SSSR count). The molecular weight excluding hydrogens is 446 g/mol. The Balaban J connectivity index is 1.53. The number of hydrogen-bond donors (Lipinski definition) is 2. The van der Waals surface area contributed by atoms with Gasteiger partial charge in [-0.15, -0.1) is 0 Å². The van der Waals surface area contributed by atoms with Crippen LogP contribution in [0.3, 0.4) is 0 Å². The molecule has 4 aromatic carbocycles. The highest BCUT2D eigenvalue weighted by Gasteiger charge is 2.38. The largest absolute Gasteiger partial charge is 0.380 e. The molecule has 0 spiro atoms. The number of aliphatic hydroxyl groups is 2. The zero-order valence-electron chi connectivity index (χ0n) is 19.7. The van der Waals surface area contributed by atoms with Crippen molar-refractivity contribution in [3.63, 3.8) is 0 Å². The van der Waals surface area contributed by atoms with E-state index in [1.807, 2.05) is 127 Å². The van der Waals surface area contributed by atoms with E-state index in [0.29, 0.717) is 23.4 Å². The predicted molar refractivity (Wildman–Crippen MR) is 141 cm³/mol. The number of hydrogen-bond acceptors (Lipinski definition) is 4. The molecule has 36 heavy (non-hydrogen) atoms. The number of rotatable bonds is 8. The third kappa shape index (κ3) is 4.38. The van der Waals surface area contributed by atoms with Gasteiger partial charge >= 0.3 is 0 Å². The van der Waals surface area contributed by atoms with Crippen LogP contribution in [0.4, 0.5) is 0 Å². The van der Waals surface area contributed by atoms with E-state index in [-0.39, 0.29) is 0 Å². The van der Waals surface area contributed by atoms with Crippen LogP contribution in [0.2, 0.25) is 0 Å². The van der Waals surface area contributed by atoms with E-state index in [0.717, 1.165) is 11.1 Å². The quantitative estimate of drug-likeness (QED) is 0.318. The van der Waals surface area contributed by atoms with Crippen LogP contribution in [0.25, 0.3) is 6.20 Å². The van der Waals surface area contributed by atoms with Crippen molar-refractivity contribution in [2.75, 3.05) is 0 Å². The van der Waals surface area contributed by atoms with Gasteiger partial charge in [-0.25, -0.2) is 9.67 Å². The van der Waals surface area contributed by atoms with Crippen molar-refractivity contribution < 1.29 is 10.2 Å². The molecule has 0 aliphatic heterocycles. The van der Waals surface area contributed by atoms with Gasteiger partial charge < -0.3 is 10.2 Å². The van der Waals surface area contributed by atoms with E-state index in [1.165, 1.54) is 6.33 Å². The molecule has 0 atom stereocenters. The van der Waals surface area contributed by atoms with E-state index in [4.69, 9.17) is 0 Å². The first-order valence-corrected chi connectivity index (χ1v) is 11.9. The highest BCUT2D eigenvalue weighted by Crippen LogP contribution is 2.36. The minimum atomic E-state index is -1.52. The Hall–Kier alpha value is -4.32. The summed E-state index contributed by atoms with van der Waals surface area (Å²) in [6, 6.07) is 38.1. The average molecular weight is 474 g/mol. The highest BCUT2D eigenvalue weighted by atomic mass is 16.3. The lowest BCUT2D eigenvalue weighted by Gasteiger charge is -2.29. The first kappa shape index (κ1) is 23.4. The average Bonchev–Trinajstić information content (AvgIpc) is 3.43. The Morgan fingerprint density at radius 1 is 0.611 bits per heavy atom. The van der Waals surface area contributed by atoms with Gasteiger partial charge in [0.2, 0.25) is 0 Å². The monoisotopic (exact) mass is 473 g/mol. The third-order valence-electron chi connectivity index (χ3n) is 6.44. The fourth-order valence-corrected chi connectivity index (χ4v) is 4.56. The molecule has 5 heteroatoms. The smallest absolute Gasteiger partial charge is 0.175 e. The van der Waals surface area contributed by atoms with Crippen molar-refractivity contribution in [2.24, 2.45) is 0 Å².